The van der Waals surface area contributed by atoms with Crippen LogP contribution in [0.4, 0.5) is 5.13 Å². The zero-order valence-electron chi connectivity index (χ0n) is 25.5. The van der Waals surface area contributed by atoms with E-state index in [0.717, 1.165) is 35.6 Å². The third-order valence-corrected chi connectivity index (χ3v) is 8.00. The molecule has 1 saturated heterocycles. The van der Waals surface area contributed by atoms with E-state index in [1.807, 2.05) is 40.9 Å². The number of aromatic nitrogens is 4. The van der Waals surface area contributed by atoms with E-state index in [1.165, 1.54) is 13.8 Å². The predicted octanol–water partition coefficient (Wildman–Crippen LogP) is -0.897. The molecule has 7 N–H and O–H groups in total. The summed E-state index contributed by atoms with van der Waals surface area (Å²) in [6.07, 6.45) is 3.13. The van der Waals surface area contributed by atoms with Gasteiger partial charge in [0, 0.05) is 18.1 Å². The number of anilines is 1. The molecule has 0 spiro atoms. The Labute approximate surface area is 272 Å². The maximum Gasteiger partial charge on any atom is 0.418 e. The van der Waals surface area contributed by atoms with Crippen LogP contribution in [0.2, 0.25) is 0 Å². The number of aryl methyl sites for hydroxylation is 2. The molecule has 2 amide bonds. The van der Waals surface area contributed by atoms with Crippen molar-refractivity contribution < 1.29 is 51.0 Å². The van der Waals surface area contributed by atoms with E-state index >= 15 is 0 Å². The first-order valence-corrected chi connectivity index (χ1v) is 16.1. The van der Waals surface area contributed by atoms with Crippen LogP contribution >= 0.6 is 11.5 Å². The fourth-order valence-corrected chi connectivity index (χ4v) is 5.41. The van der Waals surface area contributed by atoms with Gasteiger partial charge in [-0.15, -0.1) is 8.97 Å². The summed E-state index contributed by atoms with van der Waals surface area (Å²) in [5, 5.41) is 16.3. The lowest BCUT2D eigenvalue weighted by atomic mass is 9.78. The van der Waals surface area contributed by atoms with Gasteiger partial charge in [0.05, 0.1) is 29.8 Å². The summed E-state index contributed by atoms with van der Waals surface area (Å²) in [5.74, 6) is -4.11. The van der Waals surface area contributed by atoms with Gasteiger partial charge >= 0.3 is 16.4 Å². The van der Waals surface area contributed by atoms with Crippen LogP contribution in [-0.2, 0) is 47.5 Å². The largest absolute Gasteiger partial charge is 0.489 e. The molecule has 3 heterocycles. The highest BCUT2D eigenvalue weighted by Gasteiger charge is 2.57. The zero-order valence-corrected chi connectivity index (χ0v) is 27.1. The number of ether oxygens (including phenoxy) is 1. The van der Waals surface area contributed by atoms with Crippen molar-refractivity contribution in [3.05, 3.63) is 42.5 Å². The number of amides is 2. The summed E-state index contributed by atoms with van der Waals surface area (Å²) >= 11 is 0.743. The van der Waals surface area contributed by atoms with E-state index in [4.69, 9.17) is 25.6 Å². The lowest BCUT2D eigenvalue weighted by Crippen LogP contribution is -2.70. The molecule has 0 bridgehead atoms. The van der Waals surface area contributed by atoms with Gasteiger partial charge in [0.25, 0.3) is 17.9 Å². The summed E-state index contributed by atoms with van der Waals surface area (Å²) < 4.78 is 48.9. The third-order valence-electron chi connectivity index (χ3n) is 7.12. The number of hydrogen-bond donors (Lipinski definition) is 5. The Morgan fingerprint density at radius 3 is 2.53 bits per heavy atom. The Morgan fingerprint density at radius 1 is 1.26 bits per heavy atom. The van der Waals surface area contributed by atoms with Crippen LogP contribution in [0.25, 0.3) is 11.1 Å². The Bertz CT molecular complexity index is 1760. The number of aliphatic carboxylic acids is 1. The van der Waals surface area contributed by atoms with Crippen LogP contribution in [0.15, 0.2) is 41.8 Å². The van der Waals surface area contributed by atoms with E-state index in [9.17, 15) is 27.9 Å². The molecule has 254 valence electrons. The van der Waals surface area contributed by atoms with Crippen LogP contribution in [0.1, 0.15) is 26.1 Å². The number of carbonyl (C=O) groups excluding carboxylic acids is 2. The van der Waals surface area contributed by atoms with Crippen LogP contribution in [0, 0.1) is 5.92 Å². The normalized spacial score (nSPS) is 16.8. The topological polar surface area (TPSA) is 268 Å². The number of carbonyl (C=O) groups is 3. The van der Waals surface area contributed by atoms with Gasteiger partial charge in [0.2, 0.25) is 17.7 Å². The summed E-state index contributed by atoms with van der Waals surface area (Å²) in [6.45, 7) is 3.43. The van der Waals surface area contributed by atoms with Gasteiger partial charge in [-0.3, -0.25) is 14.1 Å². The Morgan fingerprint density at radius 2 is 1.96 bits per heavy atom. The van der Waals surface area contributed by atoms with Crippen molar-refractivity contribution in [1.82, 2.24) is 24.4 Å². The number of hydroxylamine groups is 2. The number of benzene rings is 1. The molecule has 0 aliphatic carbocycles. The lowest BCUT2D eigenvalue weighted by molar-refractivity contribution is -0.753. The average Bonchev–Trinajstić information content (AvgIpc) is 3.60. The van der Waals surface area contributed by atoms with Gasteiger partial charge in [0.15, 0.2) is 12.2 Å². The number of nitrogens with two attached hydrogens (primary N) is 2. The number of carboxylic acid groups (broad SMARTS) is 1. The second-order valence-corrected chi connectivity index (χ2v) is 12.6. The Kier molecular flexibility index (Phi) is 10.8. The van der Waals surface area contributed by atoms with Crippen molar-refractivity contribution in [2.45, 2.75) is 38.5 Å². The van der Waals surface area contributed by atoms with E-state index in [-0.39, 0.29) is 17.5 Å². The van der Waals surface area contributed by atoms with Gasteiger partial charge < -0.3 is 31.5 Å². The highest BCUT2D eigenvalue weighted by atomic mass is 32.3. The fourth-order valence-electron chi connectivity index (χ4n) is 4.52. The van der Waals surface area contributed by atoms with Crippen LogP contribution in [0.5, 0.6) is 5.75 Å². The molecule has 2 aromatic heterocycles. The summed E-state index contributed by atoms with van der Waals surface area (Å²) in [5.41, 5.74) is 11.3. The minimum atomic E-state index is -4.96. The maximum atomic E-state index is 13.1. The van der Waals surface area contributed by atoms with Crippen molar-refractivity contribution in [2.75, 3.05) is 25.4 Å². The first-order valence-electron chi connectivity index (χ1n) is 14.0. The van der Waals surface area contributed by atoms with Crippen LogP contribution in [-0.4, -0.2) is 92.0 Å². The van der Waals surface area contributed by atoms with E-state index in [0.29, 0.717) is 17.4 Å². The first-order chi connectivity index (χ1) is 22.1. The van der Waals surface area contributed by atoms with Crippen molar-refractivity contribution in [3.8, 4) is 16.9 Å². The molecule has 0 unspecified atom stereocenters. The number of β-lactam (4-membered cyclic amide) rings is 1. The van der Waals surface area contributed by atoms with Crippen molar-refractivity contribution in [1.29, 1.82) is 0 Å². The van der Waals surface area contributed by atoms with Gasteiger partial charge in [-0.25, -0.2) is 4.79 Å². The molecule has 4 rings (SSSR count). The molecule has 2 atom stereocenters. The highest BCUT2D eigenvalue weighted by molar-refractivity contribution is 7.80. The molecular weight excluding hydrogens is 662 g/mol. The number of rotatable bonds is 16. The quantitative estimate of drug-likeness (QED) is 0.0400. The number of nitrogens with zero attached hydrogens (tertiary/aromatic N) is 6. The van der Waals surface area contributed by atoms with Crippen molar-refractivity contribution >= 4 is 50.6 Å². The molecule has 21 heteroatoms. The number of nitrogen functional groups attached to an aromatic ring is 1. The molecule has 47 heavy (non-hydrogen) atoms. The van der Waals surface area contributed by atoms with Gasteiger partial charge in [-0.05, 0) is 44.5 Å². The number of oxime groups is 1. The molecule has 1 aliphatic rings. The number of carboxylic acids is 1. The average molecular weight is 697 g/mol. The molecule has 3 aromatic rings. The first kappa shape index (κ1) is 35.2. The van der Waals surface area contributed by atoms with E-state index < -0.39 is 58.1 Å². The van der Waals surface area contributed by atoms with Gasteiger partial charge in [-0.1, -0.05) is 17.3 Å². The molecule has 19 nitrogen and oxygen atoms in total. The molecule has 1 aromatic carbocycles. The molecule has 0 radical (unpaired) electrons. The summed E-state index contributed by atoms with van der Waals surface area (Å²) in [6, 6.07) is 6.97. The molecule has 1 fully saturated rings. The zero-order chi connectivity index (χ0) is 34.5. The Hall–Kier alpha value is -4.70. The summed E-state index contributed by atoms with van der Waals surface area (Å²) in [4.78, 5) is 46.5. The minimum Gasteiger partial charge on any atom is -0.489 e. The van der Waals surface area contributed by atoms with Crippen molar-refractivity contribution in [2.24, 2.45) is 23.9 Å². The van der Waals surface area contributed by atoms with E-state index in [2.05, 4.69) is 24.1 Å². The van der Waals surface area contributed by atoms with Gasteiger partial charge in [-0.2, -0.15) is 27.5 Å². The van der Waals surface area contributed by atoms with Crippen LogP contribution in [0.3, 0.4) is 0 Å². The molecular formula is C26H34N9O10S2+. The lowest BCUT2D eigenvalue weighted by Gasteiger charge is -2.50. The number of hydrogen-bond acceptors (Lipinski definition) is 14. The second-order valence-electron chi connectivity index (χ2n) is 10.8. The monoisotopic (exact) mass is 696 g/mol. The maximum absolute atomic E-state index is 13.1. The van der Waals surface area contributed by atoms with Crippen molar-refractivity contribution in [3.63, 3.8) is 0 Å². The number of nitrogens with one attached hydrogen (secondary N) is 1. The predicted molar refractivity (Wildman–Crippen MR) is 164 cm³/mol. The highest BCUT2D eigenvalue weighted by Crippen LogP contribution is 2.37. The molecule has 1 aliphatic heterocycles. The summed E-state index contributed by atoms with van der Waals surface area (Å²) in [7, 11) is -3.03. The standard InChI is InChI=1S/C26H33N9O10S2/c1-26(2)18(23(37)35(26)45-47(40,41)42)11-29-22(36)20(21-30-25(28)46-32-21)31-44-19(24(38)39)14-43-17-7-5-15(6-8-17)16-12-33(3)34(13-16)10-4-9-27/h5-8,12-13,18-19H,4,9-11,14,27H2,1-3H3,(H4-,28,29,30,32,36,38,39,40,41,42)/p+1/b31-20-/t18-,19+/m1/s1. The second kappa shape index (κ2) is 14.4. The SMILES string of the molecule is C[n+]1cc(-c2ccc(OC[C@H](O/N=C(\C(=O)NC[C@@H]3C(=O)N(OS(=O)(=O)O)C3(C)C)c3nsc(N)n3)C(=O)O)cc2)cn1CCCN. The Balaban J connectivity index is 1.41. The third kappa shape index (κ3) is 8.56. The van der Waals surface area contributed by atoms with Gasteiger partial charge in [0.1, 0.15) is 12.4 Å². The minimum absolute atomic E-state index is 0.0174. The smallest absolute Gasteiger partial charge is 0.418 e. The van der Waals surface area contributed by atoms with E-state index in [1.54, 1.807) is 12.1 Å². The fraction of sp³-hybridized carbons (Fsp3) is 0.423. The van der Waals surface area contributed by atoms with Crippen LogP contribution < -0.4 is 26.2 Å². The molecule has 0 saturated carbocycles.